The number of hydrogen-bond acceptors (Lipinski definition) is 3. The first-order valence-electron chi connectivity index (χ1n) is 10.6. The molecule has 4 aliphatic rings. The van der Waals surface area contributed by atoms with Crippen LogP contribution in [0.5, 0.6) is 0 Å². The van der Waals surface area contributed by atoms with Gasteiger partial charge in [0, 0.05) is 19.5 Å². The SMILES string of the molecule is COC(=O)[C@H]1[C@@H](C)C[C@H]2[C@@H]3CC[C@H]4N(C)C(=O)CC[C@]4(C)[C@H]3CC[C@@]21C. The van der Waals surface area contributed by atoms with Crippen molar-refractivity contribution >= 4 is 11.9 Å². The quantitative estimate of drug-likeness (QED) is 0.666. The minimum atomic E-state index is 0.00356. The van der Waals surface area contributed by atoms with Crippen molar-refractivity contribution in [3.05, 3.63) is 0 Å². The first-order chi connectivity index (χ1) is 12.2. The smallest absolute Gasteiger partial charge is 0.309 e. The summed E-state index contributed by atoms with van der Waals surface area (Å²) in [6.45, 7) is 7.07. The van der Waals surface area contributed by atoms with E-state index in [4.69, 9.17) is 4.74 Å². The molecule has 0 unspecified atom stereocenters. The van der Waals surface area contributed by atoms with Gasteiger partial charge in [0.05, 0.1) is 13.0 Å². The lowest BCUT2D eigenvalue weighted by Crippen LogP contribution is -2.61. The number of hydrogen-bond donors (Lipinski definition) is 0. The van der Waals surface area contributed by atoms with Crippen molar-refractivity contribution in [2.75, 3.05) is 14.2 Å². The summed E-state index contributed by atoms with van der Waals surface area (Å²) in [4.78, 5) is 26.9. The van der Waals surface area contributed by atoms with Crippen LogP contribution < -0.4 is 0 Å². The van der Waals surface area contributed by atoms with Gasteiger partial charge in [-0.15, -0.1) is 0 Å². The number of esters is 1. The Morgan fingerprint density at radius 3 is 2.54 bits per heavy atom. The second-order valence-corrected chi connectivity index (χ2v) is 10.2. The molecule has 4 rings (SSSR count). The highest BCUT2D eigenvalue weighted by molar-refractivity contribution is 5.77. The van der Waals surface area contributed by atoms with Crippen LogP contribution >= 0.6 is 0 Å². The van der Waals surface area contributed by atoms with E-state index in [1.807, 2.05) is 7.05 Å². The maximum Gasteiger partial charge on any atom is 0.309 e. The van der Waals surface area contributed by atoms with Crippen LogP contribution in [0.3, 0.4) is 0 Å². The molecule has 0 spiro atoms. The van der Waals surface area contributed by atoms with Gasteiger partial charge in [0.15, 0.2) is 0 Å². The van der Waals surface area contributed by atoms with Gasteiger partial charge in [-0.2, -0.15) is 0 Å². The molecule has 4 heteroatoms. The van der Waals surface area contributed by atoms with Crippen LogP contribution in [-0.2, 0) is 14.3 Å². The average Bonchev–Trinajstić information content (AvgIpc) is 2.88. The molecule has 1 saturated heterocycles. The fraction of sp³-hybridized carbons (Fsp3) is 0.909. The topological polar surface area (TPSA) is 46.6 Å². The van der Waals surface area contributed by atoms with Crippen molar-refractivity contribution in [1.29, 1.82) is 0 Å². The highest BCUT2D eigenvalue weighted by atomic mass is 16.5. The first kappa shape index (κ1) is 18.3. The maximum absolute atomic E-state index is 12.5. The summed E-state index contributed by atoms with van der Waals surface area (Å²) in [6, 6.07) is 0.407. The summed E-state index contributed by atoms with van der Waals surface area (Å²) in [6.07, 6.45) is 7.58. The molecule has 4 nitrogen and oxygen atoms in total. The summed E-state index contributed by atoms with van der Waals surface area (Å²) in [5.74, 6) is 2.82. The number of likely N-dealkylation sites (tertiary alicyclic amines) is 1. The lowest BCUT2D eigenvalue weighted by molar-refractivity contribution is -0.164. The predicted octanol–water partition coefficient (Wildman–Crippen LogP) is 3.89. The second-order valence-electron chi connectivity index (χ2n) is 10.2. The fourth-order valence-electron chi connectivity index (χ4n) is 8.14. The third-order valence-electron chi connectivity index (χ3n) is 9.36. The monoisotopic (exact) mass is 361 g/mol. The number of fused-ring (bicyclic) bond motifs is 5. The zero-order valence-corrected chi connectivity index (χ0v) is 17.1. The molecule has 3 saturated carbocycles. The molecule has 0 aromatic rings. The molecule has 0 radical (unpaired) electrons. The van der Waals surface area contributed by atoms with Crippen LogP contribution in [0.4, 0.5) is 0 Å². The molecule has 1 heterocycles. The van der Waals surface area contributed by atoms with E-state index in [0.717, 1.165) is 25.7 Å². The molecule has 26 heavy (non-hydrogen) atoms. The number of ether oxygens (including phenoxy) is 1. The van der Waals surface area contributed by atoms with Crippen molar-refractivity contribution in [2.45, 2.75) is 71.8 Å². The molecule has 0 N–H and O–H groups in total. The highest BCUT2D eigenvalue weighted by Crippen LogP contribution is 2.67. The van der Waals surface area contributed by atoms with Gasteiger partial charge < -0.3 is 9.64 Å². The number of methoxy groups -OCH3 is 1. The van der Waals surface area contributed by atoms with Crippen molar-refractivity contribution in [1.82, 2.24) is 4.90 Å². The second kappa shape index (κ2) is 5.97. The number of carbonyl (C=O) groups is 2. The van der Waals surface area contributed by atoms with Crippen molar-refractivity contribution in [3.63, 3.8) is 0 Å². The fourth-order valence-corrected chi connectivity index (χ4v) is 8.14. The molecule has 1 aliphatic heterocycles. The van der Waals surface area contributed by atoms with Crippen LogP contribution in [0.1, 0.15) is 65.7 Å². The highest BCUT2D eigenvalue weighted by Gasteiger charge is 2.63. The van der Waals surface area contributed by atoms with Gasteiger partial charge in [0.25, 0.3) is 0 Å². The van der Waals surface area contributed by atoms with Crippen LogP contribution in [-0.4, -0.2) is 37.0 Å². The van der Waals surface area contributed by atoms with Gasteiger partial charge in [-0.1, -0.05) is 20.8 Å². The third-order valence-corrected chi connectivity index (χ3v) is 9.36. The summed E-state index contributed by atoms with van der Waals surface area (Å²) < 4.78 is 5.20. The summed E-state index contributed by atoms with van der Waals surface area (Å²) >= 11 is 0. The summed E-state index contributed by atoms with van der Waals surface area (Å²) in [5, 5.41) is 0. The van der Waals surface area contributed by atoms with E-state index in [2.05, 4.69) is 25.7 Å². The number of amides is 1. The number of nitrogens with zero attached hydrogens (tertiary/aromatic N) is 1. The van der Waals surface area contributed by atoms with Gasteiger partial charge in [0.1, 0.15) is 0 Å². The summed E-state index contributed by atoms with van der Waals surface area (Å²) in [7, 11) is 3.56. The van der Waals surface area contributed by atoms with Gasteiger partial charge in [0.2, 0.25) is 5.91 Å². The van der Waals surface area contributed by atoms with Gasteiger partial charge in [-0.25, -0.2) is 0 Å². The van der Waals surface area contributed by atoms with E-state index in [0.29, 0.717) is 42.0 Å². The molecule has 0 aromatic carbocycles. The lowest BCUT2D eigenvalue weighted by Gasteiger charge is -2.61. The van der Waals surface area contributed by atoms with Gasteiger partial charge in [-0.3, -0.25) is 9.59 Å². The maximum atomic E-state index is 12.5. The Kier molecular flexibility index (Phi) is 4.20. The van der Waals surface area contributed by atoms with Gasteiger partial charge in [-0.05, 0) is 73.0 Å². The number of piperidine rings is 1. The Morgan fingerprint density at radius 2 is 1.85 bits per heavy atom. The molecule has 4 fully saturated rings. The van der Waals surface area contributed by atoms with Crippen LogP contribution in [0.15, 0.2) is 0 Å². The lowest BCUT2D eigenvalue weighted by atomic mass is 9.47. The Balaban J connectivity index is 1.65. The van der Waals surface area contributed by atoms with Crippen molar-refractivity contribution in [2.24, 2.45) is 40.4 Å². The van der Waals surface area contributed by atoms with Gasteiger partial charge >= 0.3 is 5.97 Å². The molecule has 8 atom stereocenters. The van der Waals surface area contributed by atoms with Crippen molar-refractivity contribution < 1.29 is 14.3 Å². The standard InChI is InChI=1S/C22H35NO3/c1-13-12-16-14-6-7-17-21(2,11-9-18(24)23(17)4)15(14)8-10-22(16,3)19(13)20(25)26-5/h13-17,19H,6-12H2,1-5H3/t13-,14+,15-,16-,17+,19+,21+,22-/m0/s1. The van der Waals surface area contributed by atoms with E-state index in [1.165, 1.54) is 12.8 Å². The normalized spacial score (nSPS) is 50.7. The Labute approximate surface area is 158 Å². The molecule has 146 valence electrons. The van der Waals surface area contributed by atoms with E-state index < -0.39 is 0 Å². The molecule has 3 aliphatic carbocycles. The molecule has 1 amide bonds. The Hall–Kier alpha value is -1.06. The predicted molar refractivity (Wildman–Crippen MR) is 100 cm³/mol. The van der Waals surface area contributed by atoms with Crippen LogP contribution in [0, 0.1) is 40.4 Å². The van der Waals surface area contributed by atoms with Crippen LogP contribution in [0.2, 0.25) is 0 Å². The molecule has 0 aromatic heterocycles. The van der Waals surface area contributed by atoms with Crippen LogP contribution in [0.25, 0.3) is 0 Å². The number of carbonyl (C=O) groups excluding carboxylic acids is 2. The number of rotatable bonds is 1. The Morgan fingerprint density at radius 1 is 1.12 bits per heavy atom. The van der Waals surface area contributed by atoms with Crippen molar-refractivity contribution in [3.8, 4) is 0 Å². The molecular formula is C22H35NO3. The van der Waals surface area contributed by atoms with E-state index in [1.54, 1.807) is 7.11 Å². The van der Waals surface area contributed by atoms with E-state index >= 15 is 0 Å². The zero-order valence-electron chi connectivity index (χ0n) is 17.1. The zero-order chi connectivity index (χ0) is 18.9. The average molecular weight is 362 g/mol. The minimum Gasteiger partial charge on any atom is -0.469 e. The largest absolute Gasteiger partial charge is 0.469 e. The molecular weight excluding hydrogens is 326 g/mol. The Bertz CT molecular complexity index is 619. The first-order valence-corrected chi connectivity index (χ1v) is 10.6. The van der Waals surface area contributed by atoms with E-state index in [-0.39, 0.29) is 22.7 Å². The minimum absolute atomic E-state index is 0.00356. The third kappa shape index (κ3) is 2.26. The summed E-state index contributed by atoms with van der Waals surface area (Å²) in [5.41, 5.74) is 0.340. The molecule has 0 bridgehead atoms. The van der Waals surface area contributed by atoms with E-state index in [9.17, 15) is 9.59 Å².